The molecule has 1 aromatic carbocycles. The van der Waals surface area contributed by atoms with Gasteiger partial charge < -0.3 is 15.1 Å². The molecule has 2 aromatic rings. The van der Waals surface area contributed by atoms with E-state index in [0.29, 0.717) is 25.2 Å². The van der Waals surface area contributed by atoms with Gasteiger partial charge in [0.25, 0.3) is 5.91 Å². The number of rotatable bonds is 4. The van der Waals surface area contributed by atoms with Crippen molar-refractivity contribution in [3.63, 3.8) is 0 Å². The summed E-state index contributed by atoms with van der Waals surface area (Å²) in [6.07, 6.45) is 2.94. The molecule has 2 atom stereocenters. The molecule has 2 aliphatic rings. The molecule has 1 unspecified atom stereocenters. The molecule has 6 heteroatoms. The van der Waals surface area contributed by atoms with Crippen LogP contribution >= 0.6 is 0 Å². The van der Waals surface area contributed by atoms with E-state index in [1.807, 2.05) is 35.4 Å². The number of benzene rings is 1. The Morgan fingerprint density at radius 3 is 2.43 bits per heavy atom. The molecule has 2 fully saturated rings. The summed E-state index contributed by atoms with van der Waals surface area (Å²) < 4.78 is 0. The maximum atomic E-state index is 13.0. The number of carbonyl (C=O) groups is 2. The summed E-state index contributed by atoms with van der Waals surface area (Å²) in [6, 6.07) is 9.78. The van der Waals surface area contributed by atoms with E-state index in [2.05, 4.69) is 42.0 Å². The minimum atomic E-state index is -0.118. The van der Waals surface area contributed by atoms with Crippen LogP contribution in [0.1, 0.15) is 46.8 Å². The van der Waals surface area contributed by atoms with E-state index in [1.54, 1.807) is 0 Å². The summed E-state index contributed by atoms with van der Waals surface area (Å²) in [5.74, 6) is 1.31. The van der Waals surface area contributed by atoms with Crippen LogP contribution in [-0.2, 0) is 11.2 Å². The maximum absolute atomic E-state index is 13.0. The molecule has 3 heterocycles. The maximum Gasteiger partial charge on any atom is 0.253 e. The Bertz CT molecular complexity index is 933. The lowest BCUT2D eigenvalue weighted by atomic mass is 9.89. The zero-order chi connectivity index (χ0) is 21.3. The van der Waals surface area contributed by atoms with Crippen LogP contribution in [0.4, 0.5) is 5.82 Å². The number of aryl methyl sites for hydroxylation is 2. The van der Waals surface area contributed by atoms with E-state index >= 15 is 0 Å². The number of nitrogens with zero attached hydrogens (tertiary/aromatic N) is 3. The van der Waals surface area contributed by atoms with Gasteiger partial charge in [0.05, 0.1) is 5.92 Å². The van der Waals surface area contributed by atoms with Gasteiger partial charge in [0.1, 0.15) is 5.82 Å². The SMILES string of the molecule is CCc1cnc(N2CCN(C(=O)c3ccc([C@@H]4C(=O)NCC4C)cc3)CC2)c(C)c1. The van der Waals surface area contributed by atoms with Crippen LogP contribution in [0.25, 0.3) is 0 Å². The van der Waals surface area contributed by atoms with Crippen LogP contribution in [0.3, 0.4) is 0 Å². The van der Waals surface area contributed by atoms with Crippen LogP contribution in [0.2, 0.25) is 0 Å². The van der Waals surface area contributed by atoms with Crippen LogP contribution in [0, 0.1) is 12.8 Å². The Kier molecular flexibility index (Phi) is 5.75. The first-order valence-electron chi connectivity index (χ1n) is 10.9. The Balaban J connectivity index is 1.39. The summed E-state index contributed by atoms with van der Waals surface area (Å²) in [5.41, 5.74) is 4.10. The van der Waals surface area contributed by atoms with Crippen molar-refractivity contribution in [2.75, 3.05) is 37.6 Å². The monoisotopic (exact) mass is 406 g/mol. The van der Waals surface area contributed by atoms with Crippen molar-refractivity contribution in [2.45, 2.75) is 33.1 Å². The lowest BCUT2D eigenvalue weighted by Gasteiger charge is -2.36. The van der Waals surface area contributed by atoms with E-state index in [1.165, 1.54) is 11.1 Å². The van der Waals surface area contributed by atoms with E-state index < -0.39 is 0 Å². The predicted octanol–water partition coefficient (Wildman–Crippen LogP) is 2.76. The first kappa shape index (κ1) is 20.4. The second kappa shape index (κ2) is 8.46. The van der Waals surface area contributed by atoms with Gasteiger partial charge in [0.15, 0.2) is 0 Å². The van der Waals surface area contributed by atoms with E-state index in [9.17, 15) is 9.59 Å². The van der Waals surface area contributed by atoms with Crippen molar-refractivity contribution in [1.82, 2.24) is 15.2 Å². The lowest BCUT2D eigenvalue weighted by molar-refractivity contribution is -0.120. The molecule has 4 rings (SSSR count). The molecule has 0 spiro atoms. The quantitative estimate of drug-likeness (QED) is 0.848. The molecule has 2 saturated heterocycles. The fourth-order valence-electron chi connectivity index (χ4n) is 4.51. The number of carbonyl (C=O) groups excluding carboxylic acids is 2. The topological polar surface area (TPSA) is 65.5 Å². The first-order valence-corrected chi connectivity index (χ1v) is 10.9. The molecular formula is C24H30N4O2. The molecule has 2 amide bonds. The number of aromatic nitrogens is 1. The number of amides is 2. The number of piperazine rings is 1. The molecule has 0 saturated carbocycles. The van der Waals surface area contributed by atoms with E-state index in [4.69, 9.17) is 0 Å². The minimum absolute atomic E-state index is 0.0520. The Labute approximate surface area is 178 Å². The third-order valence-electron chi connectivity index (χ3n) is 6.35. The highest BCUT2D eigenvalue weighted by molar-refractivity contribution is 5.94. The highest BCUT2D eigenvalue weighted by Gasteiger charge is 2.33. The molecule has 0 bridgehead atoms. The molecule has 0 radical (unpaired) electrons. The lowest BCUT2D eigenvalue weighted by Crippen LogP contribution is -2.49. The first-order chi connectivity index (χ1) is 14.5. The normalized spacial score (nSPS) is 21.6. The van der Waals surface area contributed by atoms with Crippen LogP contribution in [0.15, 0.2) is 36.5 Å². The number of pyridine rings is 1. The third kappa shape index (κ3) is 3.91. The average molecular weight is 407 g/mol. The van der Waals surface area contributed by atoms with E-state index in [0.717, 1.165) is 30.9 Å². The molecular weight excluding hydrogens is 376 g/mol. The van der Waals surface area contributed by atoms with Gasteiger partial charge in [-0.2, -0.15) is 0 Å². The largest absolute Gasteiger partial charge is 0.355 e. The van der Waals surface area contributed by atoms with Crippen LogP contribution in [-0.4, -0.2) is 54.4 Å². The zero-order valence-electron chi connectivity index (χ0n) is 18.0. The zero-order valence-corrected chi connectivity index (χ0v) is 18.0. The van der Waals surface area contributed by atoms with Crippen molar-refractivity contribution < 1.29 is 9.59 Å². The van der Waals surface area contributed by atoms with E-state index in [-0.39, 0.29) is 23.7 Å². The molecule has 0 aliphatic carbocycles. The van der Waals surface area contributed by atoms with Crippen molar-refractivity contribution in [3.8, 4) is 0 Å². The number of anilines is 1. The van der Waals surface area contributed by atoms with Gasteiger partial charge in [-0.25, -0.2) is 4.98 Å². The molecule has 158 valence electrons. The smallest absolute Gasteiger partial charge is 0.253 e. The number of nitrogens with one attached hydrogen (secondary N) is 1. The molecule has 30 heavy (non-hydrogen) atoms. The third-order valence-corrected chi connectivity index (χ3v) is 6.35. The minimum Gasteiger partial charge on any atom is -0.355 e. The Morgan fingerprint density at radius 1 is 1.17 bits per heavy atom. The Hall–Kier alpha value is -2.89. The Morgan fingerprint density at radius 2 is 1.87 bits per heavy atom. The van der Waals surface area contributed by atoms with Crippen molar-refractivity contribution >= 4 is 17.6 Å². The highest BCUT2D eigenvalue weighted by Crippen LogP contribution is 2.29. The second-order valence-electron chi connectivity index (χ2n) is 8.44. The van der Waals surface area contributed by atoms with Gasteiger partial charge in [-0.1, -0.05) is 32.0 Å². The summed E-state index contributed by atoms with van der Waals surface area (Å²) in [7, 11) is 0. The predicted molar refractivity (Wildman–Crippen MR) is 118 cm³/mol. The highest BCUT2D eigenvalue weighted by atomic mass is 16.2. The van der Waals surface area contributed by atoms with Crippen molar-refractivity contribution in [2.24, 2.45) is 5.92 Å². The van der Waals surface area contributed by atoms with Crippen LogP contribution in [0.5, 0.6) is 0 Å². The second-order valence-corrected chi connectivity index (χ2v) is 8.44. The van der Waals surface area contributed by atoms with Gasteiger partial charge in [-0.15, -0.1) is 0 Å². The molecule has 2 aliphatic heterocycles. The summed E-state index contributed by atoms with van der Waals surface area (Å²) in [4.78, 5) is 33.9. The summed E-state index contributed by atoms with van der Waals surface area (Å²) >= 11 is 0. The van der Waals surface area contributed by atoms with Gasteiger partial charge in [-0.3, -0.25) is 9.59 Å². The van der Waals surface area contributed by atoms with Gasteiger partial charge in [-0.05, 0) is 48.1 Å². The molecule has 6 nitrogen and oxygen atoms in total. The van der Waals surface area contributed by atoms with Crippen molar-refractivity contribution in [1.29, 1.82) is 0 Å². The molecule has 1 N–H and O–H groups in total. The van der Waals surface area contributed by atoms with Gasteiger partial charge >= 0.3 is 0 Å². The van der Waals surface area contributed by atoms with Crippen molar-refractivity contribution in [3.05, 3.63) is 58.8 Å². The number of hydrogen-bond donors (Lipinski definition) is 1. The van der Waals surface area contributed by atoms with Crippen LogP contribution < -0.4 is 10.2 Å². The summed E-state index contributed by atoms with van der Waals surface area (Å²) in [5, 5.41) is 2.91. The standard InChI is InChI=1S/C24H30N4O2/c1-4-18-13-16(2)22(25-15-18)27-9-11-28(12-10-27)24(30)20-7-5-19(6-8-20)21-17(3)14-26-23(21)29/h5-8,13,15,17,21H,4,9-12,14H2,1-3H3,(H,26,29)/t17?,21-/m1/s1. The van der Waals surface area contributed by atoms with Gasteiger partial charge in [0.2, 0.25) is 5.91 Å². The molecule has 1 aromatic heterocycles. The fourth-order valence-corrected chi connectivity index (χ4v) is 4.51. The number of hydrogen-bond acceptors (Lipinski definition) is 4. The average Bonchev–Trinajstić information content (AvgIpc) is 3.11. The summed E-state index contributed by atoms with van der Waals surface area (Å²) in [6.45, 7) is 9.95. The van der Waals surface area contributed by atoms with Gasteiger partial charge in [0, 0.05) is 44.5 Å². The fraction of sp³-hybridized carbons (Fsp3) is 0.458.